The number of amides is 1. The molecule has 2 aromatic carbocycles. The van der Waals surface area contributed by atoms with Crippen molar-refractivity contribution in [2.45, 2.75) is 6.04 Å². The zero-order chi connectivity index (χ0) is 19.7. The number of rotatable bonds is 4. The molecule has 7 heteroatoms. The molecule has 0 saturated carbocycles. The van der Waals surface area contributed by atoms with Gasteiger partial charge in [0.05, 0.1) is 25.8 Å². The third-order valence-corrected chi connectivity index (χ3v) is 4.88. The van der Waals surface area contributed by atoms with E-state index in [1.54, 1.807) is 42.5 Å². The Kier molecular flexibility index (Phi) is 5.10. The Balaban J connectivity index is 2.20. The monoisotopic (exact) mass is 387 g/mol. The largest absolute Gasteiger partial charge is 0.507 e. The molecule has 1 N–H and O–H groups in total. The van der Waals surface area contributed by atoms with Gasteiger partial charge >= 0.3 is 0 Å². The third kappa shape index (κ3) is 3.13. The van der Waals surface area contributed by atoms with Crippen LogP contribution in [0, 0.1) is 0 Å². The van der Waals surface area contributed by atoms with Gasteiger partial charge in [0.15, 0.2) is 11.5 Å². The van der Waals surface area contributed by atoms with Crippen LogP contribution in [-0.2, 0) is 9.59 Å². The molecule has 1 amide bonds. The summed E-state index contributed by atoms with van der Waals surface area (Å²) in [7, 11) is 4.47. The number of hydrogen-bond acceptors (Lipinski definition) is 5. The maximum absolute atomic E-state index is 12.6. The Morgan fingerprint density at radius 1 is 1.07 bits per heavy atom. The number of likely N-dealkylation sites (N-methyl/N-ethyl adjacent to an activating group) is 1. The van der Waals surface area contributed by atoms with Gasteiger partial charge in [-0.1, -0.05) is 29.8 Å². The first-order chi connectivity index (χ1) is 12.9. The summed E-state index contributed by atoms with van der Waals surface area (Å²) >= 11 is 6.28. The predicted octanol–water partition coefficient (Wildman–Crippen LogP) is 3.41. The molecular formula is C20H18ClNO5. The molecule has 1 fully saturated rings. The van der Waals surface area contributed by atoms with E-state index in [1.807, 2.05) is 0 Å². The molecule has 0 radical (unpaired) electrons. The van der Waals surface area contributed by atoms with Gasteiger partial charge in [0.1, 0.15) is 5.76 Å². The van der Waals surface area contributed by atoms with Gasteiger partial charge in [-0.3, -0.25) is 9.59 Å². The molecule has 2 aromatic rings. The standard InChI is InChI=1S/C20H18ClNO5/c1-22-17(12-6-4-5-7-13(12)21)16(19(24)20(22)25)18(23)11-8-9-14(26-2)15(10-11)27-3/h4-10,17,23H,1-3H3. The van der Waals surface area contributed by atoms with Crippen LogP contribution in [0.3, 0.4) is 0 Å². The van der Waals surface area contributed by atoms with Crippen LogP contribution in [-0.4, -0.2) is 43.0 Å². The first-order valence-electron chi connectivity index (χ1n) is 8.12. The number of likely N-dealkylation sites (tertiary alicyclic amines) is 1. The van der Waals surface area contributed by atoms with Gasteiger partial charge in [-0.05, 0) is 29.8 Å². The Labute approximate surface area is 161 Å². The number of methoxy groups -OCH3 is 2. The molecule has 0 aliphatic carbocycles. The molecule has 1 aliphatic rings. The number of carbonyl (C=O) groups is 2. The maximum Gasteiger partial charge on any atom is 0.295 e. The van der Waals surface area contributed by atoms with Crippen LogP contribution in [0.2, 0.25) is 5.02 Å². The van der Waals surface area contributed by atoms with E-state index in [0.717, 1.165) is 0 Å². The van der Waals surface area contributed by atoms with Crippen LogP contribution in [0.1, 0.15) is 17.2 Å². The maximum atomic E-state index is 12.6. The first kappa shape index (κ1) is 18.8. The van der Waals surface area contributed by atoms with Crippen molar-refractivity contribution in [2.75, 3.05) is 21.3 Å². The molecule has 1 saturated heterocycles. The van der Waals surface area contributed by atoms with E-state index in [1.165, 1.54) is 26.2 Å². The molecule has 3 rings (SSSR count). The van der Waals surface area contributed by atoms with Gasteiger partial charge < -0.3 is 19.5 Å². The number of aliphatic hydroxyl groups excluding tert-OH is 1. The minimum absolute atomic E-state index is 0.0252. The molecule has 27 heavy (non-hydrogen) atoms. The minimum atomic E-state index is -0.785. The molecule has 1 unspecified atom stereocenters. The second-order valence-corrected chi connectivity index (χ2v) is 6.41. The Hall–Kier alpha value is -2.99. The number of hydrogen-bond donors (Lipinski definition) is 1. The van der Waals surface area contributed by atoms with Crippen LogP contribution in [0.4, 0.5) is 0 Å². The average molecular weight is 388 g/mol. The highest BCUT2D eigenvalue weighted by atomic mass is 35.5. The van der Waals surface area contributed by atoms with E-state index >= 15 is 0 Å². The summed E-state index contributed by atoms with van der Waals surface area (Å²) in [5, 5.41) is 11.3. The van der Waals surface area contributed by atoms with Crippen LogP contribution in [0.15, 0.2) is 48.0 Å². The van der Waals surface area contributed by atoms with Gasteiger partial charge in [0.25, 0.3) is 11.7 Å². The zero-order valence-corrected chi connectivity index (χ0v) is 15.8. The SMILES string of the molecule is COc1ccc(C(O)=C2C(=O)C(=O)N(C)C2c2ccccc2Cl)cc1OC. The predicted molar refractivity (Wildman–Crippen MR) is 101 cm³/mol. The number of halogens is 1. The average Bonchev–Trinajstić information content (AvgIpc) is 2.91. The van der Waals surface area contributed by atoms with Gasteiger partial charge in [0.2, 0.25) is 0 Å². The van der Waals surface area contributed by atoms with Gasteiger partial charge in [-0.25, -0.2) is 0 Å². The van der Waals surface area contributed by atoms with Crippen molar-refractivity contribution in [1.29, 1.82) is 0 Å². The summed E-state index contributed by atoms with van der Waals surface area (Å²) in [6, 6.07) is 10.9. The fourth-order valence-corrected chi connectivity index (χ4v) is 3.39. The van der Waals surface area contributed by atoms with Gasteiger partial charge in [-0.15, -0.1) is 0 Å². The second-order valence-electron chi connectivity index (χ2n) is 6.00. The van der Waals surface area contributed by atoms with Crippen molar-refractivity contribution in [1.82, 2.24) is 4.90 Å². The van der Waals surface area contributed by atoms with Crippen LogP contribution < -0.4 is 9.47 Å². The highest BCUT2D eigenvalue weighted by molar-refractivity contribution is 6.46. The van der Waals surface area contributed by atoms with E-state index in [4.69, 9.17) is 21.1 Å². The minimum Gasteiger partial charge on any atom is -0.507 e. The van der Waals surface area contributed by atoms with Gasteiger partial charge in [0, 0.05) is 17.6 Å². The summed E-state index contributed by atoms with van der Waals surface area (Å²) in [4.78, 5) is 26.2. The third-order valence-electron chi connectivity index (χ3n) is 4.53. The Bertz CT molecular complexity index is 953. The van der Waals surface area contributed by atoms with Crippen molar-refractivity contribution >= 4 is 29.1 Å². The fraction of sp³-hybridized carbons (Fsp3) is 0.200. The highest BCUT2D eigenvalue weighted by Crippen LogP contribution is 2.41. The quantitative estimate of drug-likeness (QED) is 0.494. The van der Waals surface area contributed by atoms with Crippen molar-refractivity contribution in [2.24, 2.45) is 0 Å². The lowest BCUT2D eigenvalue weighted by atomic mass is 9.95. The summed E-state index contributed by atoms with van der Waals surface area (Å²) in [5.41, 5.74) is 0.863. The molecular weight excluding hydrogens is 370 g/mol. The summed E-state index contributed by atoms with van der Waals surface area (Å²) < 4.78 is 10.4. The molecule has 1 heterocycles. The Morgan fingerprint density at radius 3 is 2.37 bits per heavy atom. The van der Waals surface area contributed by atoms with Crippen molar-refractivity contribution in [3.05, 3.63) is 64.2 Å². The molecule has 140 valence electrons. The molecule has 0 spiro atoms. The lowest BCUT2D eigenvalue weighted by molar-refractivity contribution is -0.139. The lowest BCUT2D eigenvalue weighted by Crippen LogP contribution is -2.25. The number of aliphatic hydroxyl groups is 1. The molecule has 0 bridgehead atoms. The highest BCUT2D eigenvalue weighted by Gasteiger charge is 2.44. The molecule has 1 atom stereocenters. The summed E-state index contributed by atoms with van der Waals surface area (Å²) in [6.07, 6.45) is 0. The summed E-state index contributed by atoms with van der Waals surface area (Å²) in [5.74, 6) is -0.908. The molecule has 1 aliphatic heterocycles. The number of carbonyl (C=O) groups excluding carboxylic acids is 2. The van der Waals surface area contributed by atoms with Crippen molar-refractivity contribution in [3.63, 3.8) is 0 Å². The van der Waals surface area contributed by atoms with Crippen LogP contribution >= 0.6 is 11.6 Å². The smallest absolute Gasteiger partial charge is 0.295 e. The van der Waals surface area contributed by atoms with E-state index in [2.05, 4.69) is 0 Å². The number of benzene rings is 2. The zero-order valence-electron chi connectivity index (χ0n) is 15.0. The van der Waals surface area contributed by atoms with E-state index in [9.17, 15) is 14.7 Å². The fourth-order valence-electron chi connectivity index (χ4n) is 3.15. The summed E-state index contributed by atoms with van der Waals surface area (Å²) in [6.45, 7) is 0. The van der Waals surface area contributed by atoms with E-state index in [-0.39, 0.29) is 11.3 Å². The van der Waals surface area contributed by atoms with Crippen LogP contribution in [0.25, 0.3) is 5.76 Å². The Morgan fingerprint density at radius 2 is 1.74 bits per heavy atom. The number of ether oxygens (including phenoxy) is 2. The molecule has 6 nitrogen and oxygen atoms in total. The lowest BCUT2D eigenvalue weighted by Gasteiger charge is -2.22. The number of ketones is 1. The second kappa shape index (κ2) is 7.32. The van der Waals surface area contributed by atoms with Crippen molar-refractivity contribution < 1.29 is 24.2 Å². The number of nitrogens with zero attached hydrogens (tertiary/aromatic N) is 1. The number of Topliss-reactive ketones (excluding diaryl/α,β-unsaturated/α-hetero) is 1. The van der Waals surface area contributed by atoms with E-state index in [0.29, 0.717) is 27.6 Å². The normalized spacial score (nSPS) is 18.7. The molecule has 0 aromatic heterocycles. The first-order valence-corrected chi connectivity index (χ1v) is 8.50. The van der Waals surface area contributed by atoms with Crippen molar-refractivity contribution in [3.8, 4) is 11.5 Å². The van der Waals surface area contributed by atoms with Gasteiger partial charge in [-0.2, -0.15) is 0 Å². The topological polar surface area (TPSA) is 76.1 Å². The van der Waals surface area contributed by atoms with Crippen LogP contribution in [0.5, 0.6) is 11.5 Å². The van der Waals surface area contributed by atoms with E-state index < -0.39 is 17.7 Å².